The Hall–Kier alpha value is -1.51. The smallest absolute Gasteiger partial charge is 0.0681 e. The third-order valence-corrected chi connectivity index (χ3v) is 1.25. The molecule has 11 heavy (non-hydrogen) atoms. The molecule has 1 rings (SSSR count). The molecule has 0 aromatic heterocycles. The second-order valence-electron chi connectivity index (χ2n) is 2.02. The summed E-state index contributed by atoms with van der Waals surface area (Å²) in [5.41, 5.74) is 9.35. The molecule has 0 aliphatic carbocycles. The average Bonchev–Trinajstić information content (AvgIpc) is 2.06. The van der Waals surface area contributed by atoms with E-state index in [1.165, 1.54) is 0 Å². The summed E-state index contributed by atoms with van der Waals surface area (Å²) in [4.78, 5) is 2.62. The summed E-state index contributed by atoms with van der Waals surface area (Å²) >= 11 is 0. The van der Waals surface area contributed by atoms with Crippen LogP contribution in [0.3, 0.4) is 0 Å². The number of benzene rings is 1. The van der Waals surface area contributed by atoms with Crippen LogP contribution in [-0.4, -0.2) is 5.11 Å². The van der Waals surface area contributed by atoms with Gasteiger partial charge in [-0.25, -0.2) is 0 Å². The SMILES string of the molecule is [N-]=[N+]=Nc1cccc(CO)c1. The number of azide groups is 1. The van der Waals surface area contributed by atoms with E-state index in [1.807, 2.05) is 0 Å². The largest absolute Gasteiger partial charge is 0.392 e. The van der Waals surface area contributed by atoms with Gasteiger partial charge in [-0.3, -0.25) is 0 Å². The number of aliphatic hydroxyl groups is 1. The summed E-state index contributed by atoms with van der Waals surface area (Å²) in [5, 5.41) is 12.1. The van der Waals surface area contributed by atoms with Crippen LogP contribution in [0.2, 0.25) is 0 Å². The molecule has 56 valence electrons. The van der Waals surface area contributed by atoms with E-state index in [1.54, 1.807) is 24.3 Å². The number of aliphatic hydroxyl groups excluding tert-OH is 1. The molecule has 1 aromatic rings. The Morgan fingerprint density at radius 2 is 2.36 bits per heavy atom. The van der Waals surface area contributed by atoms with E-state index < -0.39 is 0 Å². The molecule has 0 heterocycles. The fourth-order valence-corrected chi connectivity index (χ4v) is 0.769. The standard InChI is InChI=1S/C7H7N3O/c8-10-9-7-3-1-2-6(4-7)5-11/h1-4,11H,5H2. The van der Waals surface area contributed by atoms with E-state index in [4.69, 9.17) is 10.6 Å². The van der Waals surface area contributed by atoms with E-state index in [0.717, 1.165) is 5.56 Å². The van der Waals surface area contributed by atoms with E-state index >= 15 is 0 Å². The molecular weight excluding hydrogens is 142 g/mol. The van der Waals surface area contributed by atoms with Crippen LogP contribution in [0.5, 0.6) is 0 Å². The van der Waals surface area contributed by atoms with Gasteiger partial charge in [-0.1, -0.05) is 23.3 Å². The van der Waals surface area contributed by atoms with Gasteiger partial charge in [0.15, 0.2) is 0 Å². The molecule has 0 unspecified atom stereocenters. The zero-order valence-corrected chi connectivity index (χ0v) is 5.81. The highest BCUT2D eigenvalue weighted by atomic mass is 16.3. The number of hydrogen-bond acceptors (Lipinski definition) is 2. The maximum absolute atomic E-state index is 8.70. The lowest BCUT2D eigenvalue weighted by atomic mass is 10.2. The van der Waals surface area contributed by atoms with Crippen LogP contribution in [0.15, 0.2) is 29.4 Å². The summed E-state index contributed by atoms with van der Waals surface area (Å²) in [6.07, 6.45) is 0. The fourth-order valence-electron chi connectivity index (χ4n) is 0.769. The van der Waals surface area contributed by atoms with Gasteiger partial charge in [0.1, 0.15) is 0 Å². The first-order chi connectivity index (χ1) is 5.36. The molecule has 0 amide bonds. The van der Waals surface area contributed by atoms with Crippen molar-refractivity contribution < 1.29 is 5.11 Å². The predicted octanol–water partition coefficient (Wildman–Crippen LogP) is 2.12. The third kappa shape index (κ3) is 1.97. The minimum absolute atomic E-state index is 0.0329. The quantitative estimate of drug-likeness (QED) is 0.390. The van der Waals surface area contributed by atoms with Gasteiger partial charge in [0.05, 0.1) is 6.61 Å². The molecule has 0 atom stereocenters. The maximum Gasteiger partial charge on any atom is 0.0681 e. The normalized spacial score (nSPS) is 8.82. The second-order valence-corrected chi connectivity index (χ2v) is 2.02. The minimum atomic E-state index is -0.0329. The first-order valence-electron chi connectivity index (χ1n) is 3.11. The molecule has 0 aliphatic heterocycles. The lowest BCUT2D eigenvalue weighted by Crippen LogP contribution is -1.79. The van der Waals surface area contributed by atoms with E-state index in [-0.39, 0.29) is 6.61 Å². The Morgan fingerprint density at radius 1 is 1.55 bits per heavy atom. The van der Waals surface area contributed by atoms with Crippen molar-refractivity contribution in [1.29, 1.82) is 0 Å². The summed E-state index contributed by atoms with van der Waals surface area (Å²) in [6, 6.07) is 6.81. The Morgan fingerprint density at radius 3 is 3.00 bits per heavy atom. The molecule has 0 bridgehead atoms. The molecule has 1 aromatic carbocycles. The van der Waals surface area contributed by atoms with Crippen molar-refractivity contribution in [2.24, 2.45) is 5.11 Å². The average molecular weight is 149 g/mol. The van der Waals surface area contributed by atoms with Gasteiger partial charge >= 0.3 is 0 Å². The number of nitrogens with zero attached hydrogens (tertiary/aromatic N) is 3. The lowest BCUT2D eigenvalue weighted by Gasteiger charge is -1.94. The van der Waals surface area contributed by atoms with Crippen molar-refractivity contribution in [2.45, 2.75) is 6.61 Å². The van der Waals surface area contributed by atoms with Gasteiger partial charge in [0.2, 0.25) is 0 Å². The van der Waals surface area contributed by atoms with Crippen LogP contribution in [0.1, 0.15) is 5.56 Å². The number of rotatable bonds is 2. The van der Waals surface area contributed by atoms with Crippen LogP contribution < -0.4 is 0 Å². The van der Waals surface area contributed by atoms with Crippen LogP contribution in [0.4, 0.5) is 5.69 Å². The van der Waals surface area contributed by atoms with Gasteiger partial charge in [0, 0.05) is 10.6 Å². The van der Waals surface area contributed by atoms with Gasteiger partial charge in [-0.15, -0.1) is 0 Å². The van der Waals surface area contributed by atoms with Gasteiger partial charge in [-0.05, 0) is 17.2 Å². The topological polar surface area (TPSA) is 69.0 Å². The highest BCUT2D eigenvalue weighted by Crippen LogP contribution is 2.13. The van der Waals surface area contributed by atoms with E-state index in [2.05, 4.69) is 10.0 Å². The molecule has 1 N–H and O–H groups in total. The van der Waals surface area contributed by atoms with Crippen molar-refractivity contribution in [3.63, 3.8) is 0 Å². The molecule has 4 nitrogen and oxygen atoms in total. The minimum Gasteiger partial charge on any atom is -0.392 e. The van der Waals surface area contributed by atoms with E-state index in [9.17, 15) is 0 Å². The van der Waals surface area contributed by atoms with Crippen LogP contribution in [-0.2, 0) is 6.61 Å². The first-order valence-corrected chi connectivity index (χ1v) is 3.11. The van der Waals surface area contributed by atoms with Crippen molar-refractivity contribution in [3.8, 4) is 0 Å². The van der Waals surface area contributed by atoms with Crippen molar-refractivity contribution in [1.82, 2.24) is 0 Å². The summed E-state index contributed by atoms with van der Waals surface area (Å²) in [5.74, 6) is 0. The lowest BCUT2D eigenvalue weighted by molar-refractivity contribution is 0.282. The molecule has 0 aliphatic rings. The zero-order chi connectivity index (χ0) is 8.10. The Labute approximate surface area is 63.7 Å². The summed E-state index contributed by atoms with van der Waals surface area (Å²) in [7, 11) is 0. The fraction of sp³-hybridized carbons (Fsp3) is 0.143. The van der Waals surface area contributed by atoms with Crippen molar-refractivity contribution >= 4 is 5.69 Å². The van der Waals surface area contributed by atoms with Gasteiger partial charge < -0.3 is 5.11 Å². The van der Waals surface area contributed by atoms with Crippen molar-refractivity contribution in [3.05, 3.63) is 40.3 Å². The predicted molar refractivity (Wildman–Crippen MR) is 41.2 cm³/mol. The monoisotopic (exact) mass is 149 g/mol. The van der Waals surface area contributed by atoms with Gasteiger partial charge in [0.25, 0.3) is 0 Å². The first kappa shape index (κ1) is 7.60. The summed E-state index contributed by atoms with van der Waals surface area (Å²) in [6.45, 7) is -0.0329. The van der Waals surface area contributed by atoms with E-state index in [0.29, 0.717) is 5.69 Å². The van der Waals surface area contributed by atoms with Crippen LogP contribution in [0.25, 0.3) is 10.4 Å². The second kappa shape index (κ2) is 3.61. The Balaban J connectivity index is 3.00. The Bertz CT molecular complexity index is 291. The zero-order valence-electron chi connectivity index (χ0n) is 5.81. The Kier molecular flexibility index (Phi) is 2.49. The van der Waals surface area contributed by atoms with Gasteiger partial charge in [-0.2, -0.15) is 0 Å². The molecule has 4 heteroatoms. The maximum atomic E-state index is 8.70. The molecule has 0 fully saturated rings. The van der Waals surface area contributed by atoms with Crippen LogP contribution in [0, 0.1) is 0 Å². The highest BCUT2D eigenvalue weighted by Gasteiger charge is 1.90. The third-order valence-electron chi connectivity index (χ3n) is 1.25. The molecule has 0 saturated carbocycles. The molecule has 0 saturated heterocycles. The highest BCUT2D eigenvalue weighted by molar-refractivity contribution is 5.39. The summed E-state index contributed by atoms with van der Waals surface area (Å²) < 4.78 is 0. The van der Waals surface area contributed by atoms with Crippen LogP contribution >= 0.6 is 0 Å². The number of hydrogen-bond donors (Lipinski definition) is 1. The molecule has 0 radical (unpaired) electrons. The molecule has 0 spiro atoms. The molecular formula is C7H7N3O. The van der Waals surface area contributed by atoms with Crippen molar-refractivity contribution in [2.75, 3.05) is 0 Å².